The Bertz CT molecular complexity index is 537. The summed E-state index contributed by atoms with van der Waals surface area (Å²) in [6, 6.07) is 10.3. The van der Waals surface area contributed by atoms with E-state index in [4.69, 9.17) is 11.6 Å². The van der Waals surface area contributed by atoms with Gasteiger partial charge in [0.15, 0.2) is 0 Å². The van der Waals surface area contributed by atoms with Crippen LogP contribution in [0.25, 0.3) is 6.08 Å². The first-order valence-corrected chi connectivity index (χ1v) is 7.63. The second-order valence-electron chi connectivity index (χ2n) is 6.78. The van der Waals surface area contributed by atoms with Gasteiger partial charge in [0.1, 0.15) is 0 Å². The summed E-state index contributed by atoms with van der Waals surface area (Å²) >= 11 is 6.70. The molecule has 0 unspecified atom stereocenters. The lowest BCUT2D eigenvalue weighted by molar-refractivity contribution is -0.0656. The third-order valence-electron chi connectivity index (χ3n) is 5.22. The Morgan fingerprint density at radius 3 is 2.63 bits per heavy atom. The van der Waals surface area contributed by atoms with Crippen molar-refractivity contribution in [1.82, 2.24) is 0 Å². The van der Waals surface area contributed by atoms with E-state index < -0.39 is 5.60 Å². The molecular weight excluding hydrogens is 256 g/mol. The van der Waals surface area contributed by atoms with E-state index in [0.717, 1.165) is 25.7 Å². The molecule has 0 radical (unpaired) electrons. The van der Waals surface area contributed by atoms with Crippen molar-refractivity contribution in [1.29, 1.82) is 0 Å². The molecule has 0 spiro atoms. The van der Waals surface area contributed by atoms with Gasteiger partial charge in [-0.2, -0.15) is 0 Å². The summed E-state index contributed by atoms with van der Waals surface area (Å²) < 4.78 is 0. The topological polar surface area (TPSA) is 20.2 Å². The zero-order chi connectivity index (χ0) is 13.1. The van der Waals surface area contributed by atoms with Crippen molar-refractivity contribution in [3.05, 3.63) is 41.5 Å². The standard InChI is InChI=1S/C17H19ClO/c18-16-8-13-6-14(10-16)15(17(19,9-13)11-16)7-12-4-2-1-3-5-12/h1-5,7,13-14,19H,6,8-11H2/b15-7+/t13-,14+,16+,17+/m0/s1. The van der Waals surface area contributed by atoms with Crippen molar-refractivity contribution in [3.63, 3.8) is 0 Å². The Balaban J connectivity index is 1.76. The third kappa shape index (κ3) is 1.86. The van der Waals surface area contributed by atoms with Crippen molar-refractivity contribution in [2.24, 2.45) is 11.8 Å². The molecule has 0 saturated heterocycles. The summed E-state index contributed by atoms with van der Waals surface area (Å²) in [7, 11) is 0. The first-order valence-electron chi connectivity index (χ1n) is 7.25. The summed E-state index contributed by atoms with van der Waals surface area (Å²) in [4.78, 5) is -0.130. The third-order valence-corrected chi connectivity index (χ3v) is 5.66. The first kappa shape index (κ1) is 12.0. The van der Waals surface area contributed by atoms with E-state index in [0.29, 0.717) is 11.8 Å². The predicted octanol–water partition coefficient (Wildman–Crippen LogP) is 4.00. The number of rotatable bonds is 1. The average molecular weight is 275 g/mol. The number of aliphatic hydroxyl groups is 1. The molecule has 5 rings (SSSR count). The lowest BCUT2D eigenvalue weighted by Crippen LogP contribution is -2.58. The van der Waals surface area contributed by atoms with Gasteiger partial charge in [0.05, 0.1) is 5.60 Å². The number of halogens is 1. The Morgan fingerprint density at radius 1 is 1.16 bits per heavy atom. The molecule has 0 heterocycles. The molecule has 4 atom stereocenters. The minimum atomic E-state index is -0.637. The maximum Gasteiger partial charge on any atom is 0.0882 e. The maximum absolute atomic E-state index is 11.0. The summed E-state index contributed by atoms with van der Waals surface area (Å²) in [6.07, 6.45) is 7.24. The molecule has 4 aliphatic rings. The number of alkyl halides is 1. The smallest absolute Gasteiger partial charge is 0.0882 e. The molecular formula is C17H19ClO. The number of benzene rings is 1. The quantitative estimate of drug-likeness (QED) is 0.768. The largest absolute Gasteiger partial charge is 0.385 e. The molecule has 4 aliphatic carbocycles. The van der Waals surface area contributed by atoms with E-state index >= 15 is 0 Å². The molecule has 2 heteroatoms. The molecule has 100 valence electrons. The second kappa shape index (κ2) is 3.86. The van der Waals surface area contributed by atoms with Gasteiger partial charge in [-0.1, -0.05) is 36.4 Å². The van der Waals surface area contributed by atoms with Gasteiger partial charge >= 0.3 is 0 Å². The van der Waals surface area contributed by atoms with Crippen molar-refractivity contribution in [3.8, 4) is 0 Å². The van der Waals surface area contributed by atoms with Gasteiger partial charge in [0.25, 0.3) is 0 Å². The van der Waals surface area contributed by atoms with Crippen LogP contribution in [0.15, 0.2) is 35.9 Å². The van der Waals surface area contributed by atoms with Crippen LogP contribution in [-0.2, 0) is 0 Å². The van der Waals surface area contributed by atoms with E-state index in [2.05, 4.69) is 30.3 Å². The normalized spacial score (nSPS) is 45.9. The van der Waals surface area contributed by atoms with Crippen LogP contribution < -0.4 is 0 Å². The summed E-state index contributed by atoms with van der Waals surface area (Å²) in [5, 5.41) is 11.0. The van der Waals surface area contributed by atoms with E-state index in [-0.39, 0.29) is 4.87 Å². The molecule has 4 saturated carbocycles. The molecule has 0 amide bonds. The lowest BCUT2D eigenvalue weighted by Gasteiger charge is -2.59. The van der Waals surface area contributed by atoms with Gasteiger partial charge in [-0.15, -0.1) is 11.6 Å². The lowest BCUT2D eigenvalue weighted by atomic mass is 9.51. The van der Waals surface area contributed by atoms with Crippen LogP contribution in [0, 0.1) is 11.8 Å². The molecule has 1 N–H and O–H groups in total. The summed E-state index contributed by atoms with van der Waals surface area (Å²) in [5.41, 5.74) is 1.80. The Morgan fingerprint density at radius 2 is 1.95 bits per heavy atom. The van der Waals surface area contributed by atoms with Crippen molar-refractivity contribution in [2.75, 3.05) is 0 Å². The van der Waals surface area contributed by atoms with E-state index in [1.54, 1.807) is 0 Å². The summed E-state index contributed by atoms with van der Waals surface area (Å²) in [6.45, 7) is 0. The van der Waals surface area contributed by atoms with Crippen molar-refractivity contribution >= 4 is 17.7 Å². The molecule has 4 bridgehead atoms. The van der Waals surface area contributed by atoms with Crippen molar-refractivity contribution < 1.29 is 5.11 Å². The first-order chi connectivity index (χ1) is 9.06. The van der Waals surface area contributed by atoms with Crippen LogP contribution in [0.5, 0.6) is 0 Å². The van der Waals surface area contributed by atoms with Gasteiger partial charge < -0.3 is 5.11 Å². The predicted molar refractivity (Wildman–Crippen MR) is 78.0 cm³/mol. The molecule has 1 aromatic carbocycles. The van der Waals surface area contributed by atoms with Gasteiger partial charge in [0, 0.05) is 4.87 Å². The van der Waals surface area contributed by atoms with E-state index in [1.807, 2.05) is 6.07 Å². The fourth-order valence-electron chi connectivity index (χ4n) is 4.80. The highest BCUT2D eigenvalue weighted by molar-refractivity contribution is 6.24. The number of hydrogen-bond donors (Lipinski definition) is 1. The van der Waals surface area contributed by atoms with Crippen LogP contribution in [0.2, 0.25) is 0 Å². The maximum atomic E-state index is 11.0. The van der Waals surface area contributed by atoms with Crippen molar-refractivity contribution in [2.45, 2.75) is 42.6 Å². The Hall–Kier alpha value is -0.790. The highest BCUT2D eigenvalue weighted by Gasteiger charge is 2.59. The fraction of sp³-hybridized carbons (Fsp3) is 0.529. The van der Waals surface area contributed by atoms with Gasteiger partial charge in [-0.3, -0.25) is 0 Å². The highest BCUT2D eigenvalue weighted by atomic mass is 35.5. The molecule has 0 aliphatic heterocycles. The van der Waals surface area contributed by atoms with Crippen LogP contribution in [0.1, 0.15) is 37.7 Å². The zero-order valence-corrected chi connectivity index (χ0v) is 11.7. The van der Waals surface area contributed by atoms with Gasteiger partial charge in [0.2, 0.25) is 0 Å². The molecule has 0 aromatic heterocycles. The minimum absolute atomic E-state index is 0.130. The zero-order valence-electron chi connectivity index (χ0n) is 11.0. The van der Waals surface area contributed by atoms with Crippen LogP contribution in [0.3, 0.4) is 0 Å². The molecule has 1 aromatic rings. The number of hydrogen-bond acceptors (Lipinski definition) is 1. The fourth-order valence-corrected chi connectivity index (χ4v) is 5.43. The minimum Gasteiger partial charge on any atom is -0.385 e. The van der Waals surface area contributed by atoms with Crippen LogP contribution >= 0.6 is 11.6 Å². The Kier molecular flexibility index (Phi) is 2.44. The van der Waals surface area contributed by atoms with Crippen LogP contribution in [0.4, 0.5) is 0 Å². The van der Waals surface area contributed by atoms with E-state index in [1.165, 1.54) is 17.6 Å². The molecule has 1 nitrogen and oxygen atoms in total. The SMILES string of the molecule is O[C@]12C[C@H]3C[C@H](C[C@](Cl)(C3)C1)/C2=C\c1ccccc1. The van der Waals surface area contributed by atoms with Crippen LogP contribution in [-0.4, -0.2) is 15.6 Å². The highest BCUT2D eigenvalue weighted by Crippen LogP contribution is 2.62. The molecule has 19 heavy (non-hydrogen) atoms. The summed E-state index contributed by atoms with van der Waals surface area (Å²) in [5.74, 6) is 1.12. The second-order valence-corrected chi connectivity index (χ2v) is 7.58. The Labute approximate surface area is 119 Å². The van der Waals surface area contributed by atoms with Gasteiger partial charge in [-0.05, 0) is 55.1 Å². The molecule has 4 fully saturated rings. The van der Waals surface area contributed by atoms with Gasteiger partial charge in [-0.25, -0.2) is 0 Å². The van der Waals surface area contributed by atoms with E-state index in [9.17, 15) is 5.11 Å². The average Bonchev–Trinajstić information content (AvgIpc) is 2.32. The monoisotopic (exact) mass is 274 g/mol.